The molecule has 3 rings (SSSR count). The monoisotopic (exact) mass is 273 g/mol. The molecule has 2 aliphatic rings. The van der Waals surface area contributed by atoms with Crippen molar-refractivity contribution in [1.29, 1.82) is 0 Å². The van der Waals surface area contributed by atoms with Crippen LogP contribution in [0, 0.1) is 18.8 Å². The Balaban J connectivity index is 0.00000120. The number of carboxylic acid groups (broad SMARTS) is 1. The van der Waals surface area contributed by atoms with E-state index in [-0.39, 0.29) is 17.8 Å². The van der Waals surface area contributed by atoms with Crippen LogP contribution in [0.3, 0.4) is 0 Å². The Morgan fingerprint density at radius 3 is 2.83 bits per heavy atom. The van der Waals surface area contributed by atoms with Gasteiger partial charge >= 0.3 is 6.09 Å². The van der Waals surface area contributed by atoms with Gasteiger partial charge in [-0.05, 0) is 24.9 Å². The molecule has 1 aromatic heterocycles. The van der Waals surface area contributed by atoms with Gasteiger partial charge in [-0.2, -0.15) is 0 Å². The van der Waals surface area contributed by atoms with Gasteiger partial charge in [0.15, 0.2) is 5.89 Å². The maximum Gasteiger partial charge on any atom is 0.404 e. The lowest BCUT2D eigenvalue weighted by atomic mass is 9.96. The predicted molar refractivity (Wildman–Crippen MR) is 66.0 cm³/mol. The minimum Gasteiger partial charge on any atom is -0.465 e. The third-order valence-electron chi connectivity index (χ3n) is 4.06. The Labute approximate surface area is 111 Å². The summed E-state index contributed by atoms with van der Waals surface area (Å²) in [5.74, 6) is 1.57. The summed E-state index contributed by atoms with van der Waals surface area (Å²) in [5, 5.41) is 14.5. The fourth-order valence-electron chi connectivity index (χ4n) is 3.18. The molecule has 2 heterocycles. The van der Waals surface area contributed by atoms with Gasteiger partial charge in [0, 0.05) is 18.9 Å². The molecule has 1 saturated heterocycles. The van der Waals surface area contributed by atoms with E-state index in [4.69, 9.17) is 9.52 Å². The van der Waals surface area contributed by atoms with E-state index < -0.39 is 6.09 Å². The molecular formula is C11H16ClN3O3. The lowest BCUT2D eigenvalue weighted by molar-refractivity contribution is 0.192. The van der Waals surface area contributed by atoms with Crippen LogP contribution in [0.15, 0.2) is 10.7 Å². The zero-order chi connectivity index (χ0) is 12.0. The second kappa shape index (κ2) is 4.44. The van der Waals surface area contributed by atoms with Gasteiger partial charge in [-0.1, -0.05) is 0 Å². The van der Waals surface area contributed by atoms with Crippen LogP contribution < -0.4 is 10.6 Å². The van der Waals surface area contributed by atoms with Gasteiger partial charge in [-0.3, -0.25) is 0 Å². The SMILES string of the molecule is Cc1nc(C2(CNC(=O)O)[C@@H]3CNC[C@@H]32)co1.Cl. The third kappa shape index (κ3) is 1.76. The average Bonchev–Trinajstić information content (AvgIpc) is 2.73. The molecule has 0 spiro atoms. The van der Waals surface area contributed by atoms with Crippen LogP contribution in [0.5, 0.6) is 0 Å². The minimum atomic E-state index is -0.984. The standard InChI is InChI=1S/C11H15N3O3.ClH/c1-6-14-9(4-17-6)11(5-13-10(15)16)7-2-12-3-8(7)11;/h4,7-8,12-13H,2-3,5H2,1H3,(H,15,16);1H/t7-,8+,11?;. The first-order chi connectivity index (χ1) is 8.14. The van der Waals surface area contributed by atoms with Gasteiger partial charge in [0.05, 0.1) is 5.69 Å². The molecule has 18 heavy (non-hydrogen) atoms. The van der Waals surface area contributed by atoms with Crippen molar-refractivity contribution in [2.45, 2.75) is 12.3 Å². The Bertz CT molecular complexity index is 452. The van der Waals surface area contributed by atoms with Crippen molar-refractivity contribution in [3.8, 4) is 0 Å². The van der Waals surface area contributed by atoms with Gasteiger partial charge in [-0.15, -0.1) is 12.4 Å². The van der Waals surface area contributed by atoms with Gasteiger partial charge in [0.2, 0.25) is 0 Å². The van der Waals surface area contributed by atoms with Gasteiger partial charge in [0.1, 0.15) is 6.26 Å². The van der Waals surface area contributed by atoms with Crippen LogP contribution in [0.1, 0.15) is 11.6 Å². The van der Waals surface area contributed by atoms with Gasteiger partial charge in [-0.25, -0.2) is 9.78 Å². The zero-order valence-electron chi connectivity index (χ0n) is 9.97. The number of hydrogen-bond acceptors (Lipinski definition) is 4. The number of hydrogen-bond donors (Lipinski definition) is 3. The molecule has 6 nitrogen and oxygen atoms in total. The normalized spacial score (nSPS) is 32.5. The maximum atomic E-state index is 10.7. The first kappa shape index (κ1) is 13.2. The maximum absolute atomic E-state index is 10.7. The summed E-state index contributed by atoms with van der Waals surface area (Å²) in [6.45, 7) is 4.08. The number of nitrogens with one attached hydrogen (secondary N) is 2. The summed E-state index contributed by atoms with van der Waals surface area (Å²) < 4.78 is 5.26. The number of carbonyl (C=O) groups is 1. The van der Waals surface area contributed by atoms with Crippen LogP contribution in [0.4, 0.5) is 4.79 Å². The van der Waals surface area contributed by atoms with E-state index in [0.29, 0.717) is 24.3 Å². The Hall–Kier alpha value is -1.27. The van der Waals surface area contributed by atoms with Gasteiger partial charge < -0.3 is 20.2 Å². The second-order valence-corrected chi connectivity index (χ2v) is 4.82. The van der Waals surface area contributed by atoms with Crippen molar-refractivity contribution < 1.29 is 14.3 Å². The van der Waals surface area contributed by atoms with Crippen molar-refractivity contribution >= 4 is 18.5 Å². The molecule has 3 atom stereocenters. The summed E-state index contributed by atoms with van der Waals surface area (Å²) in [5.41, 5.74) is 0.738. The van der Waals surface area contributed by atoms with Crippen LogP contribution in [0.25, 0.3) is 0 Å². The molecule has 2 fully saturated rings. The highest BCUT2D eigenvalue weighted by molar-refractivity contribution is 5.85. The molecule has 1 amide bonds. The topological polar surface area (TPSA) is 87.4 Å². The molecule has 0 bridgehead atoms. The molecule has 3 N–H and O–H groups in total. The fraction of sp³-hybridized carbons (Fsp3) is 0.636. The van der Waals surface area contributed by atoms with Gasteiger partial charge in [0.25, 0.3) is 0 Å². The fourth-order valence-corrected chi connectivity index (χ4v) is 3.18. The summed E-state index contributed by atoms with van der Waals surface area (Å²) in [6.07, 6.45) is 0.680. The van der Waals surface area contributed by atoms with E-state index in [1.54, 1.807) is 13.2 Å². The third-order valence-corrected chi connectivity index (χ3v) is 4.06. The Kier molecular flexibility index (Phi) is 3.25. The highest BCUT2D eigenvalue weighted by atomic mass is 35.5. The molecule has 7 heteroatoms. The number of oxazole rings is 1. The minimum absolute atomic E-state index is 0. The van der Waals surface area contributed by atoms with E-state index in [1.807, 2.05) is 0 Å². The highest BCUT2D eigenvalue weighted by Gasteiger charge is 2.68. The van der Waals surface area contributed by atoms with Crippen molar-refractivity contribution in [2.24, 2.45) is 11.8 Å². The smallest absolute Gasteiger partial charge is 0.404 e. The largest absolute Gasteiger partial charge is 0.465 e. The highest BCUT2D eigenvalue weighted by Crippen LogP contribution is 2.60. The molecule has 100 valence electrons. The van der Waals surface area contributed by atoms with Crippen LogP contribution in [0.2, 0.25) is 0 Å². The van der Waals surface area contributed by atoms with E-state index in [2.05, 4.69) is 15.6 Å². The lowest BCUT2D eigenvalue weighted by Gasteiger charge is -2.18. The molecule has 1 aliphatic heterocycles. The van der Waals surface area contributed by atoms with E-state index in [1.165, 1.54) is 0 Å². The average molecular weight is 274 g/mol. The first-order valence-electron chi connectivity index (χ1n) is 5.74. The Morgan fingerprint density at radius 2 is 2.33 bits per heavy atom. The van der Waals surface area contributed by atoms with Crippen molar-refractivity contribution in [1.82, 2.24) is 15.6 Å². The summed E-state index contributed by atoms with van der Waals surface area (Å²) >= 11 is 0. The van der Waals surface area contributed by atoms with E-state index in [9.17, 15) is 4.79 Å². The number of halogens is 1. The van der Waals surface area contributed by atoms with Crippen LogP contribution in [-0.4, -0.2) is 35.8 Å². The molecule has 1 saturated carbocycles. The van der Waals surface area contributed by atoms with Crippen LogP contribution in [-0.2, 0) is 5.41 Å². The van der Waals surface area contributed by atoms with Crippen LogP contribution >= 0.6 is 12.4 Å². The predicted octanol–water partition coefficient (Wildman–Crippen LogP) is 0.759. The molecule has 1 aromatic rings. The van der Waals surface area contributed by atoms with Crippen molar-refractivity contribution in [3.63, 3.8) is 0 Å². The van der Waals surface area contributed by atoms with Crippen molar-refractivity contribution in [3.05, 3.63) is 17.8 Å². The number of aromatic nitrogens is 1. The Morgan fingerprint density at radius 1 is 1.67 bits per heavy atom. The van der Waals surface area contributed by atoms with Crippen molar-refractivity contribution in [2.75, 3.05) is 19.6 Å². The molecule has 0 aromatic carbocycles. The van der Waals surface area contributed by atoms with E-state index >= 15 is 0 Å². The van der Waals surface area contributed by atoms with E-state index in [0.717, 1.165) is 18.8 Å². The quantitative estimate of drug-likeness (QED) is 0.757. The first-order valence-corrected chi connectivity index (χ1v) is 5.74. The lowest BCUT2D eigenvalue weighted by Crippen LogP contribution is -2.37. The summed E-state index contributed by atoms with van der Waals surface area (Å²) in [4.78, 5) is 15.0. The summed E-state index contributed by atoms with van der Waals surface area (Å²) in [6, 6.07) is 0. The number of nitrogens with zero attached hydrogens (tertiary/aromatic N) is 1. The molecular weight excluding hydrogens is 258 g/mol. The molecule has 1 unspecified atom stereocenters. The molecule has 0 radical (unpaired) electrons. The summed E-state index contributed by atoms with van der Waals surface area (Å²) in [7, 11) is 0. The number of amides is 1. The number of fused-ring (bicyclic) bond motifs is 1. The number of rotatable bonds is 3. The zero-order valence-corrected chi connectivity index (χ0v) is 10.8. The number of aryl methyl sites for hydroxylation is 1. The number of piperidine rings is 1. The molecule has 1 aliphatic carbocycles. The second-order valence-electron chi connectivity index (χ2n) is 4.82.